The summed E-state index contributed by atoms with van der Waals surface area (Å²) in [4.78, 5) is 58.1. The largest absolute Gasteiger partial charge is 0.481 e. The number of carbonyl (C=O) groups excluding carboxylic acids is 2. The Morgan fingerprint density at radius 2 is 1.56 bits per heavy atom. The zero-order valence-electron chi connectivity index (χ0n) is 41.1. The summed E-state index contributed by atoms with van der Waals surface area (Å²) in [6.07, 6.45) is 18.0. The number of nitrogens with zero attached hydrogens (tertiary/aromatic N) is 3. The normalized spacial score (nSPS) is 40.8. The van der Waals surface area contributed by atoms with Crippen molar-refractivity contribution in [2.45, 2.75) is 152 Å². The van der Waals surface area contributed by atoms with E-state index in [1.165, 1.54) is 5.57 Å². The third-order valence-electron chi connectivity index (χ3n) is 22.0. The predicted octanol–water partition coefficient (Wildman–Crippen LogP) is 12.3. The van der Waals surface area contributed by atoms with Crippen molar-refractivity contribution in [3.05, 3.63) is 84.6 Å². The molecule has 354 valence electrons. The van der Waals surface area contributed by atoms with Crippen molar-refractivity contribution in [2.24, 2.45) is 79.3 Å². The Balaban J connectivity index is 0.908. The molecule has 6 saturated carbocycles. The summed E-state index contributed by atoms with van der Waals surface area (Å²) in [6, 6.07) is 13.7. The third kappa shape index (κ3) is 6.17. The molecule has 0 spiro atoms. The first-order valence-corrected chi connectivity index (χ1v) is 25.6. The second-order valence-electron chi connectivity index (χ2n) is 24.7. The number of hydrogen-bond donors (Lipinski definition) is 2. The number of fused-ring (bicyclic) bond motifs is 7. The number of aliphatic carboxylic acids is 1. The number of hydrogen-bond acceptors (Lipinski definition) is 6. The number of allylic oxidation sites excluding steroid dienone is 1. The van der Waals surface area contributed by atoms with Gasteiger partial charge in [-0.3, -0.25) is 19.4 Å². The van der Waals surface area contributed by atoms with Gasteiger partial charge in [-0.15, -0.1) is 0 Å². The van der Waals surface area contributed by atoms with Crippen molar-refractivity contribution >= 4 is 17.8 Å². The first-order valence-electron chi connectivity index (χ1n) is 25.6. The number of aromatic amines is 1. The lowest BCUT2D eigenvalue weighted by molar-refractivity contribution is -0.269. The van der Waals surface area contributed by atoms with Crippen LogP contribution < -0.4 is 0 Å². The Labute approximate surface area is 393 Å². The maximum Gasteiger partial charge on any atom is 0.310 e. The number of imidazole rings is 1. The number of rotatable bonds is 9. The van der Waals surface area contributed by atoms with Crippen LogP contribution in [0, 0.1) is 79.3 Å². The fourth-order valence-electron chi connectivity index (χ4n) is 18.5. The SMILES string of the molecule is C=C(C)C1CC[C@]2(C(=O)N3CCC[C@H]3c3ncc(-c4ccncc4)[nH]3)CC[C@]3(C)[C@H](CC[C@@H]4[C@]5(C)CC[C@H]([C@@]6(C(=O)O)C[C@@H](C(=O)OCc7ccccc7)C6(C)C)C(C)(C)[C@H]5CC[C@]43C)[C@@H]12. The molecule has 3 aromatic rings. The number of pyridine rings is 1. The molecule has 1 aliphatic heterocycles. The average molecular weight is 897 g/mol. The number of carboxylic acids is 1. The molecule has 9 nitrogen and oxygen atoms in total. The van der Waals surface area contributed by atoms with E-state index in [-0.39, 0.29) is 52.1 Å². The Kier molecular flexibility index (Phi) is 10.8. The minimum absolute atomic E-state index is 0.0487. The summed E-state index contributed by atoms with van der Waals surface area (Å²) < 4.78 is 5.87. The molecule has 1 aromatic carbocycles. The number of benzene rings is 1. The van der Waals surface area contributed by atoms with Gasteiger partial charge in [0.05, 0.1) is 34.7 Å². The van der Waals surface area contributed by atoms with E-state index in [4.69, 9.17) is 9.72 Å². The van der Waals surface area contributed by atoms with Gasteiger partial charge in [0.2, 0.25) is 5.91 Å². The minimum Gasteiger partial charge on any atom is -0.481 e. The quantitative estimate of drug-likeness (QED) is 0.162. The Morgan fingerprint density at radius 3 is 2.26 bits per heavy atom. The van der Waals surface area contributed by atoms with Gasteiger partial charge in [0.1, 0.15) is 12.4 Å². The maximum absolute atomic E-state index is 15.6. The van der Waals surface area contributed by atoms with Crippen LogP contribution in [0.25, 0.3) is 11.3 Å². The monoisotopic (exact) mass is 897 g/mol. The lowest BCUT2D eigenvalue weighted by Crippen LogP contribution is -2.71. The first kappa shape index (κ1) is 45.5. The van der Waals surface area contributed by atoms with Gasteiger partial charge in [-0.25, -0.2) is 4.98 Å². The van der Waals surface area contributed by atoms with Crippen molar-refractivity contribution in [3.63, 3.8) is 0 Å². The van der Waals surface area contributed by atoms with Crippen LogP contribution in [0.4, 0.5) is 0 Å². The molecule has 1 unspecified atom stereocenters. The number of esters is 1. The number of carboxylic acid groups (broad SMARTS) is 1. The molecular weight excluding hydrogens is 821 g/mol. The molecule has 9 heteroatoms. The van der Waals surface area contributed by atoms with Gasteiger partial charge in [-0.2, -0.15) is 0 Å². The molecule has 6 aliphatic carbocycles. The van der Waals surface area contributed by atoms with Crippen LogP contribution in [0.5, 0.6) is 0 Å². The smallest absolute Gasteiger partial charge is 0.310 e. The first-order chi connectivity index (χ1) is 31.3. The van der Waals surface area contributed by atoms with Crippen LogP contribution in [0.15, 0.2) is 73.2 Å². The molecular formula is C57H76N4O5. The lowest BCUT2D eigenvalue weighted by Gasteiger charge is -2.74. The number of carbonyl (C=O) groups is 3. The van der Waals surface area contributed by atoms with Gasteiger partial charge in [0.15, 0.2) is 0 Å². The number of aromatic nitrogens is 3. The highest BCUT2D eigenvalue weighted by molar-refractivity contribution is 5.85. The highest BCUT2D eigenvalue weighted by Gasteiger charge is 2.77. The zero-order chi connectivity index (χ0) is 46.8. The van der Waals surface area contributed by atoms with Gasteiger partial charge in [-0.1, -0.05) is 91.0 Å². The maximum atomic E-state index is 15.6. The Hall–Kier alpha value is -4.27. The number of likely N-dealkylation sites (tertiary alicyclic amines) is 1. The summed E-state index contributed by atoms with van der Waals surface area (Å²) in [5, 5.41) is 11.4. The Morgan fingerprint density at radius 1 is 0.833 bits per heavy atom. The van der Waals surface area contributed by atoms with Gasteiger partial charge < -0.3 is 19.7 Å². The average Bonchev–Trinajstić information content (AvgIpc) is 4.07. The molecule has 1 amide bonds. The summed E-state index contributed by atoms with van der Waals surface area (Å²) in [7, 11) is 0. The van der Waals surface area contributed by atoms with E-state index in [0.717, 1.165) is 106 Å². The van der Waals surface area contributed by atoms with Gasteiger partial charge in [0, 0.05) is 24.5 Å². The van der Waals surface area contributed by atoms with Crippen LogP contribution in [-0.2, 0) is 25.7 Å². The highest BCUT2D eigenvalue weighted by Crippen LogP contribution is 2.80. The molecule has 2 aromatic heterocycles. The third-order valence-corrected chi connectivity index (χ3v) is 22.0. The van der Waals surface area contributed by atoms with Crippen molar-refractivity contribution in [1.82, 2.24) is 19.9 Å². The van der Waals surface area contributed by atoms with E-state index in [1.54, 1.807) is 12.4 Å². The molecule has 13 atom stereocenters. The van der Waals surface area contributed by atoms with Crippen LogP contribution in [0.3, 0.4) is 0 Å². The van der Waals surface area contributed by atoms with E-state index in [9.17, 15) is 14.7 Å². The summed E-state index contributed by atoms with van der Waals surface area (Å²) in [6.45, 7) is 24.6. The second kappa shape index (κ2) is 15.6. The van der Waals surface area contributed by atoms with E-state index in [1.807, 2.05) is 62.5 Å². The molecule has 66 heavy (non-hydrogen) atoms. The van der Waals surface area contributed by atoms with E-state index in [2.05, 4.69) is 63.0 Å². The van der Waals surface area contributed by atoms with Crippen molar-refractivity contribution in [2.75, 3.05) is 6.54 Å². The number of nitrogens with one attached hydrogen (secondary N) is 1. The Bertz CT molecular complexity index is 2390. The fourth-order valence-corrected chi connectivity index (χ4v) is 18.5. The summed E-state index contributed by atoms with van der Waals surface area (Å²) in [5.41, 5.74) is 1.99. The summed E-state index contributed by atoms with van der Waals surface area (Å²) >= 11 is 0. The fraction of sp³-hybridized carbons (Fsp3) is 0.667. The van der Waals surface area contributed by atoms with E-state index in [0.29, 0.717) is 36.0 Å². The summed E-state index contributed by atoms with van der Waals surface area (Å²) in [5.74, 6) is 1.62. The van der Waals surface area contributed by atoms with Crippen molar-refractivity contribution < 1.29 is 24.2 Å². The highest BCUT2D eigenvalue weighted by atomic mass is 16.5. The van der Waals surface area contributed by atoms with Crippen molar-refractivity contribution in [1.29, 1.82) is 0 Å². The van der Waals surface area contributed by atoms with E-state index < -0.39 is 28.1 Å². The minimum atomic E-state index is -1.01. The molecule has 7 fully saturated rings. The molecule has 2 N–H and O–H groups in total. The predicted molar refractivity (Wildman–Crippen MR) is 256 cm³/mol. The molecule has 10 rings (SSSR count). The number of H-pyrrole nitrogens is 1. The van der Waals surface area contributed by atoms with Gasteiger partial charge in [0.25, 0.3) is 0 Å². The molecule has 0 radical (unpaired) electrons. The molecule has 3 heterocycles. The number of amides is 1. The zero-order valence-corrected chi connectivity index (χ0v) is 41.1. The number of ether oxygens (including phenoxy) is 1. The van der Waals surface area contributed by atoms with Crippen molar-refractivity contribution in [3.8, 4) is 11.3 Å². The van der Waals surface area contributed by atoms with Crippen LogP contribution >= 0.6 is 0 Å². The lowest BCUT2D eigenvalue weighted by atomic mass is 9.29. The van der Waals surface area contributed by atoms with Gasteiger partial charge >= 0.3 is 11.9 Å². The van der Waals surface area contributed by atoms with Crippen LogP contribution in [0.1, 0.15) is 156 Å². The topological polar surface area (TPSA) is 125 Å². The van der Waals surface area contributed by atoms with Gasteiger partial charge in [-0.05, 0) is 171 Å². The molecule has 7 aliphatic rings. The van der Waals surface area contributed by atoms with Crippen LogP contribution in [-0.4, -0.2) is 49.3 Å². The second-order valence-corrected chi connectivity index (χ2v) is 24.7. The molecule has 0 bridgehead atoms. The molecule has 1 saturated heterocycles. The van der Waals surface area contributed by atoms with E-state index >= 15 is 4.79 Å². The van der Waals surface area contributed by atoms with Crippen LogP contribution in [0.2, 0.25) is 0 Å². The standard InChI is InChI=1S/C57H76N4O5/c1-35(2)38-19-26-56(49(63)61-31-13-16-42(61)47-59-33-41(60-47)37-22-29-58-30-23-37)28-27-54(8)39(46(38)56)17-18-45-53(7)24-20-44(51(3,4)43(53)21-25-55(45,54)9)57(50(64)65)32-40(52(57,5)6)48(62)66-34-36-14-11-10-12-15-36/h10-12,14-15,22-23,29-30,33,38-40,42-46H,1,13,16-21,24-28,31-32,34H2,2-9H3,(H,59,60)(H,64,65)/t38?,39-,40+,42+,43-,44+,45-,46-,53-,54-,55-,56+,57-/m1/s1.